The minimum absolute atomic E-state index is 0.246. The summed E-state index contributed by atoms with van der Waals surface area (Å²) in [4.78, 5) is 20.4. The first-order valence-corrected chi connectivity index (χ1v) is 17.0. The maximum atomic E-state index is 9.59. The first kappa shape index (κ1) is 36.5. The lowest BCUT2D eigenvalue weighted by atomic mass is 10.1. The summed E-state index contributed by atoms with van der Waals surface area (Å²) in [5.74, 6) is 0.302. The topological polar surface area (TPSA) is 136 Å². The van der Waals surface area contributed by atoms with Crippen LogP contribution in [0.25, 0.3) is 16.6 Å². The highest BCUT2D eigenvalue weighted by molar-refractivity contribution is 7.15. The van der Waals surface area contributed by atoms with Gasteiger partial charge in [-0.1, -0.05) is 45.9 Å². The second-order valence-corrected chi connectivity index (χ2v) is 12.6. The number of rotatable bonds is 8. The van der Waals surface area contributed by atoms with Crippen LogP contribution in [0.1, 0.15) is 87.8 Å². The van der Waals surface area contributed by atoms with Crippen LogP contribution < -0.4 is 10.6 Å². The molecule has 5 rings (SSSR count). The second kappa shape index (κ2) is 18.2. The van der Waals surface area contributed by atoms with E-state index >= 15 is 0 Å². The molecular weight excluding hydrogens is 581 g/mol. The van der Waals surface area contributed by atoms with Crippen LogP contribution in [0, 0.1) is 19.8 Å². The third-order valence-electron chi connectivity index (χ3n) is 6.31. The molecule has 9 nitrogen and oxygen atoms in total. The number of aliphatic hydroxyl groups excluding tert-OH is 1. The van der Waals surface area contributed by atoms with E-state index in [2.05, 4.69) is 39.2 Å². The van der Waals surface area contributed by atoms with Crippen molar-refractivity contribution >= 4 is 40.5 Å². The molecule has 1 saturated carbocycles. The minimum Gasteiger partial charge on any atom is -0.396 e. The van der Waals surface area contributed by atoms with E-state index in [4.69, 9.17) is 25.2 Å². The molecule has 2 atom stereocenters. The standard InChI is InChI=1S/C25H30N6OS2.C3H8O2.2C2H6/c1-15-22(24-30-20-6-4-3-5-7-21(20)34-24)23(29-18-9-8-17(12-18)13-32)31-25(27-15)26-11-10-19-14-33-16(2)28-19;1-3(2,4)5;2*1-2/h3-6,14,17-18,32H,7-13H2,1-2H3,(H2,26,27,29,31);4-5H,1-2H3;2*1-2H3. The maximum Gasteiger partial charge on any atom is 0.224 e. The molecule has 3 aromatic rings. The molecule has 1 fully saturated rings. The number of thiazole rings is 2. The largest absolute Gasteiger partial charge is 0.396 e. The van der Waals surface area contributed by atoms with E-state index in [0.29, 0.717) is 11.9 Å². The molecule has 0 amide bonds. The predicted molar refractivity (Wildman–Crippen MR) is 182 cm³/mol. The van der Waals surface area contributed by atoms with E-state index in [9.17, 15) is 5.11 Å². The van der Waals surface area contributed by atoms with Crippen LogP contribution in [0.15, 0.2) is 23.6 Å². The Labute approximate surface area is 265 Å². The van der Waals surface area contributed by atoms with Gasteiger partial charge in [-0.05, 0) is 59.0 Å². The Balaban J connectivity index is 0.000000642. The molecule has 43 heavy (non-hydrogen) atoms. The molecule has 11 heteroatoms. The van der Waals surface area contributed by atoms with Crippen LogP contribution in [0.5, 0.6) is 0 Å². The zero-order chi connectivity index (χ0) is 32.0. The SMILES string of the molecule is CC.CC.CC(C)(O)O.Cc1nc(CCNc2nc(C)c(-c3nc4c(s3)CC=CC=C4)c(NC3CCC(CO)C3)n2)cs1. The highest BCUT2D eigenvalue weighted by Gasteiger charge is 2.27. The Hall–Kier alpha value is -2.70. The molecule has 3 aromatic heterocycles. The molecule has 3 heterocycles. The van der Waals surface area contributed by atoms with Crippen molar-refractivity contribution in [1.82, 2.24) is 19.9 Å². The van der Waals surface area contributed by atoms with Crippen molar-refractivity contribution in [2.24, 2.45) is 5.92 Å². The zero-order valence-electron chi connectivity index (χ0n) is 26.9. The fourth-order valence-corrected chi connectivity index (χ4v) is 6.32. The number of nitrogens with one attached hydrogen (secondary N) is 2. The van der Waals surface area contributed by atoms with E-state index in [0.717, 1.165) is 77.1 Å². The summed E-state index contributed by atoms with van der Waals surface area (Å²) in [6, 6.07) is 0.289. The van der Waals surface area contributed by atoms with Gasteiger partial charge in [0.1, 0.15) is 10.8 Å². The van der Waals surface area contributed by atoms with Gasteiger partial charge in [0, 0.05) is 42.3 Å². The van der Waals surface area contributed by atoms with Gasteiger partial charge in [0.2, 0.25) is 5.95 Å². The number of hydrogen-bond acceptors (Lipinski definition) is 11. The van der Waals surface area contributed by atoms with Crippen LogP contribution in [0.2, 0.25) is 0 Å². The van der Waals surface area contributed by atoms with Gasteiger partial charge in [-0.3, -0.25) is 0 Å². The second-order valence-electron chi connectivity index (χ2n) is 10.4. The van der Waals surface area contributed by atoms with E-state index in [1.165, 1.54) is 18.7 Å². The van der Waals surface area contributed by atoms with Gasteiger partial charge in [0.05, 0.1) is 27.7 Å². The molecule has 0 radical (unpaired) electrons. The third-order valence-corrected chi connectivity index (χ3v) is 8.24. The Morgan fingerprint density at radius 2 is 1.72 bits per heavy atom. The van der Waals surface area contributed by atoms with Crippen LogP contribution in [-0.4, -0.2) is 60.2 Å². The maximum absolute atomic E-state index is 9.59. The summed E-state index contributed by atoms with van der Waals surface area (Å²) in [5, 5.41) is 37.0. The highest BCUT2D eigenvalue weighted by Crippen LogP contribution is 2.38. The summed E-state index contributed by atoms with van der Waals surface area (Å²) in [6.45, 7) is 15.6. The molecule has 0 spiro atoms. The molecule has 0 aromatic carbocycles. The van der Waals surface area contributed by atoms with Gasteiger partial charge in [-0.2, -0.15) is 4.98 Å². The fraction of sp³-hybridized carbons (Fsp3) is 0.562. The number of nitrogens with zero attached hydrogens (tertiary/aromatic N) is 4. The molecular formula is C32H50N6O3S2. The first-order chi connectivity index (χ1) is 20.6. The van der Waals surface area contributed by atoms with Crippen LogP contribution in [0.3, 0.4) is 0 Å². The van der Waals surface area contributed by atoms with Crippen molar-refractivity contribution in [3.8, 4) is 10.6 Å². The number of fused-ring (bicyclic) bond motifs is 1. The van der Waals surface area contributed by atoms with Crippen LogP contribution in [-0.2, 0) is 12.8 Å². The van der Waals surface area contributed by atoms with Crippen molar-refractivity contribution in [2.45, 2.75) is 99.3 Å². The lowest BCUT2D eigenvalue weighted by Crippen LogP contribution is -2.19. The van der Waals surface area contributed by atoms with Gasteiger partial charge in [0.25, 0.3) is 0 Å². The predicted octanol–water partition coefficient (Wildman–Crippen LogP) is 6.79. The van der Waals surface area contributed by atoms with Crippen molar-refractivity contribution in [2.75, 3.05) is 23.8 Å². The van der Waals surface area contributed by atoms with Gasteiger partial charge in [-0.15, -0.1) is 22.7 Å². The molecule has 2 aliphatic carbocycles. The Kier molecular flexibility index (Phi) is 15.4. The fourth-order valence-electron chi connectivity index (χ4n) is 4.55. The lowest BCUT2D eigenvalue weighted by Gasteiger charge is -2.18. The number of anilines is 2. The van der Waals surface area contributed by atoms with E-state index in [-0.39, 0.29) is 12.6 Å². The molecule has 0 bridgehead atoms. The number of hydrogen-bond donors (Lipinski definition) is 5. The van der Waals surface area contributed by atoms with Crippen LogP contribution in [0.4, 0.5) is 11.8 Å². The van der Waals surface area contributed by atoms with Crippen molar-refractivity contribution in [3.63, 3.8) is 0 Å². The third kappa shape index (κ3) is 12.1. The average molecular weight is 631 g/mol. The van der Waals surface area contributed by atoms with Gasteiger partial charge < -0.3 is 26.0 Å². The van der Waals surface area contributed by atoms with Gasteiger partial charge in [-0.25, -0.2) is 15.0 Å². The Morgan fingerprint density at radius 3 is 2.35 bits per heavy atom. The normalized spacial score (nSPS) is 16.9. The average Bonchev–Trinajstić information content (AvgIpc) is 3.67. The summed E-state index contributed by atoms with van der Waals surface area (Å²) in [6.07, 6.45) is 13.1. The molecule has 2 unspecified atom stereocenters. The van der Waals surface area contributed by atoms with Crippen molar-refractivity contribution in [3.05, 3.63) is 50.6 Å². The quantitative estimate of drug-likeness (QED) is 0.171. The summed E-state index contributed by atoms with van der Waals surface area (Å²) >= 11 is 3.39. The van der Waals surface area contributed by atoms with Crippen molar-refractivity contribution in [1.29, 1.82) is 0 Å². The Bertz CT molecular complexity index is 1310. The van der Waals surface area contributed by atoms with E-state index < -0.39 is 5.79 Å². The molecule has 2 aliphatic rings. The molecule has 5 N–H and O–H groups in total. The molecule has 238 valence electrons. The minimum atomic E-state index is -1.50. The highest BCUT2D eigenvalue weighted by atomic mass is 32.1. The number of aliphatic hydroxyl groups is 3. The summed E-state index contributed by atoms with van der Waals surface area (Å²) in [7, 11) is 0. The van der Waals surface area contributed by atoms with Gasteiger partial charge in [0.15, 0.2) is 5.79 Å². The van der Waals surface area contributed by atoms with Gasteiger partial charge >= 0.3 is 0 Å². The molecule has 0 aliphatic heterocycles. The van der Waals surface area contributed by atoms with Crippen molar-refractivity contribution < 1.29 is 15.3 Å². The first-order valence-electron chi connectivity index (χ1n) is 15.3. The lowest BCUT2D eigenvalue weighted by molar-refractivity contribution is -0.127. The van der Waals surface area contributed by atoms with Crippen LogP contribution >= 0.6 is 22.7 Å². The number of allylic oxidation sites excluding steroid dienone is 3. The Morgan fingerprint density at radius 1 is 1.00 bits per heavy atom. The number of aromatic nitrogens is 4. The molecule has 0 saturated heterocycles. The zero-order valence-corrected chi connectivity index (χ0v) is 28.6. The number of aryl methyl sites for hydroxylation is 2. The van der Waals surface area contributed by atoms with E-state index in [1.54, 1.807) is 22.7 Å². The van der Waals surface area contributed by atoms with E-state index in [1.807, 2.05) is 47.6 Å². The summed E-state index contributed by atoms with van der Waals surface area (Å²) < 4.78 is 0. The summed E-state index contributed by atoms with van der Waals surface area (Å²) in [5.41, 5.74) is 4.00. The monoisotopic (exact) mass is 630 g/mol. The smallest absolute Gasteiger partial charge is 0.224 e.